The van der Waals surface area contributed by atoms with Crippen LogP contribution in [0.1, 0.15) is 67.2 Å². The number of rotatable bonds is 6. The molecule has 0 atom stereocenters. The summed E-state index contributed by atoms with van der Waals surface area (Å²) in [6.07, 6.45) is 5.29. The third-order valence-corrected chi connectivity index (χ3v) is 5.08. The van der Waals surface area contributed by atoms with Crippen LogP contribution in [0.15, 0.2) is 0 Å². The van der Waals surface area contributed by atoms with Gasteiger partial charge in [0, 0.05) is 24.7 Å². The summed E-state index contributed by atoms with van der Waals surface area (Å²) in [6, 6.07) is 0.599. The zero-order valence-electron chi connectivity index (χ0n) is 14.1. The Morgan fingerprint density at radius 1 is 1.05 bits per heavy atom. The van der Waals surface area contributed by atoms with Gasteiger partial charge < -0.3 is 5.73 Å². The Hall–Kier alpha value is -0.0800. The average molecular weight is 268 g/mol. The van der Waals surface area contributed by atoms with Gasteiger partial charge in [0.1, 0.15) is 0 Å². The van der Waals surface area contributed by atoms with Crippen LogP contribution in [-0.2, 0) is 0 Å². The Balaban J connectivity index is 2.79. The van der Waals surface area contributed by atoms with Gasteiger partial charge in [0.25, 0.3) is 0 Å². The monoisotopic (exact) mass is 268 g/mol. The van der Waals surface area contributed by atoms with Crippen LogP contribution in [0, 0.1) is 17.8 Å². The minimum atomic E-state index is 0.268. The second kappa shape index (κ2) is 7.08. The van der Waals surface area contributed by atoms with Crippen molar-refractivity contribution in [3.8, 4) is 0 Å². The largest absolute Gasteiger partial charge is 0.329 e. The Morgan fingerprint density at radius 2 is 1.58 bits per heavy atom. The minimum absolute atomic E-state index is 0.268. The predicted molar refractivity (Wildman–Crippen MR) is 85.3 cm³/mol. The van der Waals surface area contributed by atoms with Crippen LogP contribution in [0.3, 0.4) is 0 Å². The van der Waals surface area contributed by atoms with E-state index in [1.165, 1.54) is 32.2 Å². The first kappa shape index (κ1) is 17.0. The first-order valence-corrected chi connectivity index (χ1v) is 8.29. The minimum Gasteiger partial charge on any atom is -0.329 e. The van der Waals surface area contributed by atoms with Crippen LogP contribution in [0.5, 0.6) is 0 Å². The molecule has 0 bridgehead atoms. The third kappa shape index (κ3) is 4.19. The molecule has 0 saturated heterocycles. The van der Waals surface area contributed by atoms with Crippen molar-refractivity contribution in [3.05, 3.63) is 0 Å². The lowest BCUT2D eigenvalue weighted by molar-refractivity contribution is 0.00378. The molecule has 0 aromatic rings. The lowest BCUT2D eigenvalue weighted by Gasteiger charge is -2.50. The van der Waals surface area contributed by atoms with E-state index in [2.05, 4.69) is 46.4 Å². The van der Waals surface area contributed by atoms with Crippen LogP contribution in [0.25, 0.3) is 0 Å². The maximum Gasteiger partial charge on any atom is 0.0334 e. The standard InChI is InChI=1S/C17H36N2/c1-13(2)11-19(15(5)6)17(12-18)9-7-16(8-10-17)14(3)4/h13-16H,7-12,18H2,1-6H3. The fourth-order valence-electron chi connectivity index (χ4n) is 3.80. The van der Waals surface area contributed by atoms with Crippen molar-refractivity contribution in [2.24, 2.45) is 23.5 Å². The molecule has 2 nitrogen and oxygen atoms in total. The first-order chi connectivity index (χ1) is 8.82. The third-order valence-electron chi connectivity index (χ3n) is 5.08. The fraction of sp³-hybridized carbons (Fsp3) is 1.00. The second-order valence-electron chi connectivity index (χ2n) is 7.65. The Labute approximate surface area is 121 Å². The van der Waals surface area contributed by atoms with Gasteiger partial charge in [-0.1, -0.05) is 27.7 Å². The summed E-state index contributed by atoms with van der Waals surface area (Å²) in [5, 5.41) is 0. The highest BCUT2D eigenvalue weighted by Crippen LogP contribution is 2.40. The van der Waals surface area contributed by atoms with Gasteiger partial charge >= 0.3 is 0 Å². The molecule has 0 amide bonds. The lowest BCUT2D eigenvalue weighted by atomic mass is 9.71. The molecule has 0 aromatic heterocycles. The van der Waals surface area contributed by atoms with Gasteiger partial charge in [-0.2, -0.15) is 0 Å². The van der Waals surface area contributed by atoms with Crippen molar-refractivity contribution in [3.63, 3.8) is 0 Å². The zero-order chi connectivity index (χ0) is 14.6. The van der Waals surface area contributed by atoms with Crippen molar-refractivity contribution in [2.75, 3.05) is 13.1 Å². The van der Waals surface area contributed by atoms with Crippen molar-refractivity contribution in [1.29, 1.82) is 0 Å². The van der Waals surface area contributed by atoms with Crippen molar-refractivity contribution >= 4 is 0 Å². The van der Waals surface area contributed by atoms with Gasteiger partial charge in [-0.15, -0.1) is 0 Å². The van der Waals surface area contributed by atoms with E-state index >= 15 is 0 Å². The van der Waals surface area contributed by atoms with Gasteiger partial charge in [0.2, 0.25) is 0 Å². The summed E-state index contributed by atoms with van der Waals surface area (Å²) in [7, 11) is 0. The molecule has 1 rings (SSSR count). The molecule has 0 aromatic carbocycles. The molecule has 1 aliphatic carbocycles. The summed E-state index contributed by atoms with van der Waals surface area (Å²) >= 11 is 0. The predicted octanol–water partition coefficient (Wildman–Crippen LogP) is 3.90. The highest BCUT2D eigenvalue weighted by Gasteiger charge is 2.40. The fourth-order valence-corrected chi connectivity index (χ4v) is 3.80. The molecule has 0 unspecified atom stereocenters. The van der Waals surface area contributed by atoms with Crippen LogP contribution in [0.2, 0.25) is 0 Å². The number of nitrogens with zero attached hydrogens (tertiary/aromatic N) is 1. The molecule has 1 fully saturated rings. The molecule has 2 N–H and O–H groups in total. The van der Waals surface area contributed by atoms with Gasteiger partial charge in [-0.3, -0.25) is 4.90 Å². The molecule has 1 saturated carbocycles. The SMILES string of the molecule is CC(C)CN(C(C)C)C1(CN)CCC(C(C)C)CC1. The highest BCUT2D eigenvalue weighted by molar-refractivity contribution is 4.97. The topological polar surface area (TPSA) is 29.3 Å². The highest BCUT2D eigenvalue weighted by atomic mass is 15.2. The normalized spacial score (nSPS) is 28.9. The lowest BCUT2D eigenvalue weighted by Crippen LogP contribution is -2.59. The molecule has 114 valence electrons. The Kier molecular flexibility index (Phi) is 6.32. The molecule has 0 heterocycles. The number of hydrogen-bond donors (Lipinski definition) is 1. The van der Waals surface area contributed by atoms with Crippen molar-refractivity contribution in [1.82, 2.24) is 4.90 Å². The van der Waals surface area contributed by atoms with Crippen LogP contribution in [0.4, 0.5) is 0 Å². The zero-order valence-corrected chi connectivity index (χ0v) is 14.1. The van der Waals surface area contributed by atoms with Crippen LogP contribution < -0.4 is 5.73 Å². The summed E-state index contributed by atoms with van der Waals surface area (Å²) < 4.78 is 0. The van der Waals surface area contributed by atoms with Gasteiger partial charge in [-0.25, -0.2) is 0 Å². The molecule has 0 aliphatic heterocycles. The van der Waals surface area contributed by atoms with Gasteiger partial charge in [0.05, 0.1) is 0 Å². The van der Waals surface area contributed by atoms with E-state index in [9.17, 15) is 0 Å². The summed E-state index contributed by atoms with van der Waals surface area (Å²) in [5.74, 6) is 2.45. The molecule has 0 radical (unpaired) electrons. The Morgan fingerprint density at radius 3 is 1.89 bits per heavy atom. The van der Waals surface area contributed by atoms with Crippen molar-refractivity contribution < 1.29 is 0 Å². The summed E-state index contributed by atoms with van der Waals surface area (Å²) in [4.78, 5) is 2.70. The summed E-state index contributed by atoms with van der Waals surface area (Å²) in [5.41, 5.74) is 6.50. The molecule has 0 spiro atoms. The van der Waals surface area contributed by atoms with E-state index in [0.717, 1.165) is 18.4 Å². The molecule has 2 heteroatoms. The number of hydrogen-bond acceptors (Lipinski definition) is 2. The quantitative estimate of drug-likeness (QED) is 0.791. The molecule has 19 heavy (non-hydrogen) atoms. The van der Waals surface area contributed by atoms with E-state index in [1.54, 1.807) is 0 Å². The van der Waals surface area contributed by atoms with E-state index < -0.39 is 0 Å². The second-order valence-corrected chi connectivity index (χ2v) is 7.65. The summed E-state index contributed by atoms with van der Waals surface area (Å²) in [6.45, 7) is 16.0. The molecular formula is C17H36N2. The van der Waals surface area contributed by atoms with E-state index in [-0.39, 0.29) is 5.54 Å². The van der Waals surface area contributed by atoms with E-state index in [4.69, 9.17) is 5.73 Å². The van der Waals surface area contributed by atoms with Gasteiger partial charge in [0.15, 0.2) is 0 Å². The molecule has 1 aliphatic rings. The Bertz CT molecular complexity index is 250. The number of nitrogens with two attached hydrogens (primary N) is 1. The molecular weight excluding hydrogens is 232 g/mol. The van der Waals surface area contributed by atoms with Crippen molar-refractivity contribution in [2.45, 2.75) is 78.8 Å². The average Bonchev–Trinajstić information content (AvgIpc) is 2.35. The maximum atomic E-state index is 6.23. The maximum absolute atomic E-state index is 6.23. The smallest absolute Gasteiger partial charge is 0.0334 e. The van der Waals surface area contributed by atoms with Gasteiger partial charge in [-0.05, 0) is 57.3 Å². The van der Waals surface area contributed by atoms with Crippen LogP contribution in [-0.4, -0.2) is 29.6 Å². The first-order valence-electron chi connectivity index (χ1n) is 8.29. The van der Waals surface area contributed by atoms with E-state index in [1.807, 2.05) is 0 Å². The van der Waals surface area contributed by atoms with Crippen LogP contribution >= 0.6 is 0 Å². The van der Waals surface area contributed by atoms with E-state index in [0.29, 0.717) is 12.0 Å².